The van der Waals surface area contributed by atoms with Crippen molar-refractivity contribution >= 4 is 0 Å². The van der Waals surface area contributed by atoms with Crippen LogP contribution in [0.3, 0.4) is 0 Å². The molecule has 2 N–H and O–H groups in total. The first kappa shape index (κ1) is 13.2. The molecule has 0 heterocycles. The minimum Gasteiger partial charge on any atom is -0.395 e. The Kier molecular flexibility index (Phi) is 4.97. The summed E-state index contributed by atoms with van der Waals surface area (Å²) in [6.45, 7) is 8.48. The zero-order chi connectivity index (χ0) is 12.0. The van der Waals surface area contributed by atoms with E-state index in [4.69, 9.17) is 5.11 Å². The minimum absolute atomic E-state index is 0.191. The molecule has 1 rings (SSSR count). The van der Waals surface area contributed by atoms with Crippen molar-refractivity contribution in [2.75, 3.05) is 19.7 Å². The Hall–Kier alpha value is -0.860. The zero-order valence-electron chi connectivity index (χ0n) is 10.6. The standard InChI is InChI=1S/C14H23NO/c1-12-4-6-13(7-5-12)14(2,3)8-9-15-10-11-16/h4-7,15-16H,8-11H2,1-3H3. The van der Waals surface area contributed by atoms with Gasteiger partial charge in [-0.3, -0.25) is 0 Å². The van der Waals surface area contributed by atoms with Crippen LogP contribution in [0.15, 0.2) is 24.3 Å². The van der Waals surface area contributed by atoms with E-state index in [9.17, 15) is 0 Å². The van der Waals surface area contributed by atoms with Crippen molar-refractivity contribution in [1.29, 1.82) is 0 Å². The van der Waals surface area contributed by atoms with Crippen LogP contribution in [0.1, 0.15) is 31.4 Å². The fourth-order valence-corrected chi connectivity index (χ4v) is 1.75. The molecule has 1 aromatic rings. The van der Waals surface area contributed by atoms with Crippen molar-refractivity contribution in [3.8, 4) is 0 Å². The van der Waals surface area contributed by atoms with Gasteiger partial charge in [-0.15, -0.1) is 0 Å². The molecule has 0 aliphatic heterocycles. The van der Waals surface area contributed by atoms with E-state index in [-0.39, 0.29) is 12.0 Å². The summed E-state index contributed by atoms with van der Waals surface area (Å²) >= 11 is 0. The Bertz CT molecular complexity index is 303. The van der Waals surface area contributed by atoms with Crippen LogP contribution >= 0.6 is 0 Å². The predicted octanol–water partition coefficient (Wildman–Crippen LogP) is 2.24. The molecule has 16 heavy (non-hydrogen) atoms. The smallest absolute Gasteiger partial charge is 0.0555 e. The molecule has 0 saturated heterocycles. The topological polar surface area (TPSA) is 32.3 Å². The molecule has 2 heteroatoms. The van der Waals surface area contributed by atoms with Gasteiger partial charge >= 0.3 is 0 Å². The number of hydrogen-bond acceptors (Lipinski definition) is 2. The van der Waals surface area contributed by atoms with Gasteiger partial charge in [0, 0.05) is 6.54 Å². The second kappa shape index (κ2) is 6.02. The second-order valence-corrected chi connectivity index (χ2v) is 4.97. The van der Waals surface area contributed by atoms with Gasteiger partial charge in [0.2, 0.25) is 0 Å². The first-order valence-corrected chi connectivity index (χ1v) is 5.95. The fourth-order valence-electron chi connectivity index (χ4n) is 1.75. The summed E-state index contributed by atoms with van der Waals surface area (Å²) < 4.78 is 0. The molecule has 0 bridgehead atoms. The molecule has 0 saturated carbocycles. The first-order valence-electron chi connectivity index (χ1n) is 5.95. The number of hydrogen-bond donors (Lipinski definition) is 2. The molecule has 0 aromatic heterocycles. The molecular weight excluding hydrogens is 198 g/mol. The highest BCUT2D eigenvalue weighted by molar-refractivity contribution is 5.27. The van der Waals surface area contributed by atoms with Crippen molar-refractivity contribution in [3.63, 3.8) is 0 Å². The number of benzene rings is 1. The van der Waals surface area contributed by atoms with Gasteiger partial charge < -0.3 is 10.4 Å². The second-order valence-electron chi connectivity index (χ2n) is 4.97. The molecule has 0 amide bonds. The maximum atomic E-state index is 8.68. The summed E-state index contributed by atoms with van der Waals surface area (Å²) in [5, 5.41) is 11.9. The van der Waals surface area contributed by atoms with E-state index in [2.05, 4.69) is 50.4 Å². The largest absolute Gasteiger partial charge is 0.395 e. The first-order chi connectivity index (χ1) is 7.56. The minimum atomic E-state index is 0.191. The summed E-state index contributed by atoms with van der Waals surface area (Å²) in [6.07, 6.45) is 1.08. The fraction of sp³-hybridized carbons (Fsp3) is 0.571. The van der Waals surface area contributed by atoms with Crippen molar-refractivity contribution in [1.82, 2.24) is 5.32 Å². The van der Waals surface area contributed by atoms with E-state index >= 15 is 0 Å². The highest BCUT2D eigenvalue weighted by Gasteiger charge is 2.19. The van der Waals surface area contributed by atoms with Gasteiger partial charge in [-0.25, -0.2) is 0 Å². The van der Waals surface area contributed by atoms with Crippen molar-refractivity contribution < 1.29 is 5.11 Å². The van der Waals surface area contributed by atoms with Gasteiger partial charge in [0.15, 0.2) is 0 Å². The monoisotopic (exact) mass is 221 g/mol. The van der Waals surface area contributed by atoms with Crippen LogP contribution in [-0.2, 0) is 5.41 Å². The quantitative estimate of drug-likeness (QED) is 0.722. The van der Waals surface area contributed by atoms with E-state index < -0.39 is 0 Å². The molecular formula is C14H23NO. The Labute approximate surface area is 98.7 Å². The van der Waals surface area contributed by atoms with Gasteiger partial charge in [-0.1, -0.05) is 43.7 Å². The van der Waals surface area contributed by atoms with Gasteiger partial charge in [0.05, 0.1) is 6.61 Å². The lowest BCUT2D eigenvalue weighted by Gasteiger charge is -2.25. The van der Waals surface area contributed by atoms with Crippen LogP contribution in [0.25, 0.3) is 0 Å². The van der Waals surface area contributed by atoms with Crippen LogP contribution in [0, 0.1) is 6.92 Å². The molecule has 0 fully saturated rings. The Morgan fingerprint density at radius 2 is 1.75 bits per heavy atom. The Morgan fingerprint density at radius 3 is 2.31 bits per heavy atom. The Morgan fingerprint density at radius 1 is 1.12 bits per heavy atom. The summed E-state index contributed by atoms with van der Waals surface area (Å²) in [6, 6.07) is 8.75. The van der Waals surface area contributed by atoms with Gasteiger partial charge in [0.1, 0.15) is 0 Å². The van der Waals surface area contributed by atoms with E-state index in [1.807, 2.05) is 0 Å². The SMILES string of the molecule is Cc1ccc(C(C)(C)CCNCCO)cc1. The van der Waals surface area contributed by atoms with Gasteiger partial charge in [-0.2, -0.15) is 0 Å². The van der Waals surface area contributed by atoms with E-state index in [0.29, 0.717) is 6.54 Å². The van der Waals surface area contributed by atoms with Gasteiger partial charge in [0.25, 0.3) is 0 Å². The zero-order valence-corrected chi connectivity index (χ0v) is 10.6. The lowest BCUT2D eigenvalue weighted by Crippen LogP contribution is -2.27. The summed E-state index contributed by atoms with van der Waals surface area (Å²) in [4.78, 5) is 0. The van der Waals surface area contributed by atoms with Crippen LogP contribution < -0.4 is 5.32 Å². The summed E-state index contributed by atoms with van der Waals surface area (Å²) in [5.74, 6) is 0. The summed E-state index contributed by atoms with van der Waals surface area (Å²) in [7, 11) is 0. The maximum absolute atomic E-state index is 8.68. The van der Waals surface area contributed by atoms with E-state index in [1.165, 1.54) is 11.1 Å². The molecule has 0 radical (unpaired) electrons. The van der Waals surface area contributed by atoms with E-state index in [1.54, 1.807) is 0 Å². The number of aliphatic hydroxyl groups excluding tert-OH is 1. The average Bonchev–Trinajstić information content (AvgIpc) is 2.25. The number of aryl methyl sites for hydroxylation is 1. The van der Waals surface area contributed by atoms with Crippen molar-refractivity contribution in [3.05, 3.63) is 35.4 Å². The maximum Gasteiger partial charge on any atom is 0.0555 e. The molecule has 1 aromatic carbocycles. The van der Waals surface area contributed by atoms with E-state index in [0.717, 1.165) is 13.0 Å². The highest BCUT2D eigenvalue weighted by atomic mass is 16.3. The van der Waals surface area contributed by atoms with Crippen molar-refractivity contribution in [2.24, 2.45) is 0 Å². The third-order valence-electron chi connectivity index (χ3n) is 3.05. The van der Waals surface area contributed by atoms with Gasteiger partial charge in [-0.05, 0) is 30.9 Å². The number of nitrogens with one attached hydrogen (secondary N) is 1. The number of aliphatic hydroxyl groups is 1. The van der Waals surface area contributed by atoms with Crippen LogP contribution in [0.4, 0.5) is 0 Å². The normalized spacial score (nSPS) is 11.8. The Balaban J connectivity index is 2.52. The van der Waals surface area contributed by atoms with Crippen molar-refractivity contribution in [2.45, 2.75) is 32.6 Å². The molecule has 0 atom stereocenters. The molecule has 0 aliphatic carbocycles. The molecule has 2 nitrogen and oxygen atoms in total. The summed E-state index contributed by atoms with van der Waals surface area (Å²) in [5.41, 5.74) is 2.87. The predicted molar refractivity (Wildman–Crippen MR) is 68.8 cm³/mol. The number of rotatable bonds is 6. The molecule has 90 valence electrons. The average molecular weight is 221 g/mol. The highest BCUT2D eigenvalue weighted by Crippen LogP contribution is 2.26. The third kappa shape index (κ3) is 3.95. The molecule has 0 spiro atoms. The molecule has 0 unspecified atom stereocenters. The lowest BCUT2D eigenvalue weighted by molar-refractivity contribution is 0.289. The third-order valence-corrected chi connectivity index (χ3v) is 3.05. The lowest BCUT2D eigenvalue weighted by atomic mass is 9.81. The van der Waals surface area contributed by atoms with Crippen LogP contribution in [0.2, 0.25) is 0 Å². The van der Waals surface area contributed by atoms with Crippen LogP contribution in [-0.4, -0.2) is 24.8 Å². The molecule has 0 aliphatic rings. The van der Waals surface area contributed by atoms with Crippen LogP contribution in [0.5, 0.6) is 0 Å².